The van der Waals surface area contributed by atoms with E-state index >= 15 is 0 Å². The number of non-ortho nitro benzene ring substituents is 1. The Bertz CT molecular complexity index is 1220. The first-order valence-electron chi connectivity index (χ1n) is 9.92. The average molecular weight is 465 g/mol. The molecule has 33 heavy (non-hydrogen) atoms. The van der Waals surface area contributed by atoms with E-state index in [2.05, 4.69) is 4.98 Å². The summed E-state index contributed by atoms with van der Waals surface area (Å²) in [4.78, 5) is 56.2. The maximum absolute atomic E-state index is 13.4. The molecule has 3 aromatic rings. The molecule has 1 atom stereocenters. The molecule has 10 heteroatoms. The van der Waals surface area contributed by atoms with Gasteiger partial charge in [0.25, 0.3) is 17.5 Å². The number of nitro groups is 1. The summed E-state index contributed by atoms with van der Waals surface area (Å²) in [5.74, 6) is -1.51. The molecule has 1 aliphatic rings. The van der Waals surface area contributed by atoms with Crippen LogP contribution >= 0.6 is 11.6 Å². The second-order valence-corrected chi connectivity index (χ2v) is 7.80. The van der Waals surface area contributed by atoms with Crippen LogP contribution in [0.3, 0.4) is 0 Å². The summed E-state index contributed by atoms with van der Waals surface area (Å²) >= 11 is 5.91. The molecule has 1 aromatic heterocycles. The lowest BCUT2D eigenvalue weighted by atomic mass is 10.1. The fraction of sp³-hybridized carbons (Fsp3) is 0.130. The Morgan fingerprint density at radius 2 is 1.82 bits per heavy atom. The molecule has 0 spiro atoms. The van der Waals surface area contributed by atoms with Crippen LogP contribution in [-0.2, 0) is 16.1 Å². The van der Waals surface area contributed by atoms with Crippen LogP contribution in [0.1, 0.15) is 22.3 Å². The zero-order chi connectivity index (χ0) is 23.5. The molecule has 1 saturated heterocycles. The highest BCUT2D eigenvalue weighted by atomic mass is 35.5. The summed E-state index contributed by atoms with van der Waals surface area (Å²) in [6.45, 7) is 0.0296. The second kappa shape index (κ2) is 9.17. The minimum Gasteiger partial charge on any atom is -0.322 e. The van der Waals surface area contributed by atoms with Crippen LogP contribution < -0.4 is 4.90 Å². The molecule has 1 unspecified atom stereocenters. The number of nitrogens with zero attached hydrogens (tertiary/aromatic N) is 4. The summed E-state index contributed by atoms with van der Waals surface area (Å²) in [5.41, 5.74) is 1.03. The van der Waals surface area contributed by atoms with Crippen molar-refractivity contribution in [3.8, 4) is 0 Å². The Hall–Kier alpha value is -4.11. The van der Waals surface area contributed by atoms with Crippen molar-refractivity contribution in [2.24, 2.45) is 0 Å². The van der Waals surface area contributed by atoms with Gasteiger partial charge in [0, 0.05) is 41.7 Å². The Kier molecular flexibility index (Phi) is 6.14. The fourth-order valence-corrected chi connectivity index (χ4v) is 3.75. The molecule has 0 N–H and O–H groups in total. The number of hydrogen-bond donors (Lipinski definition) is 0. The standard InChI is InChI=1S/C23H17ClN4O5/c24-17-5-9-18(10-6-17)27-21(29)12-20(23(27)31)26(14-15-2-1-11-25-13-15)22(30)16-3-7-19(8-4-16)28(32)33/h1-11,13,20H,12,14H2. The third-order valence-corrected chi connectivity index (χ3v) is 5.50. The smallest absolute Gasteiger partial charge is 0.269 e. The van der Waals surface area contributed by atoms with E-state index in [0.29, 0.717) is 16.3 Å². The highest BCUT2D eigenvalue weighted by molar-refractivity contribution is 6.31. The number of rotatable bonds is 6. The maximum Gasteiger partial charge on any atom is 0.269 e. The number of amides is 3. The summed E-state index contributed by atoms with van der Waals surface area (Å²) in [6, 6.07) is 13.8. The van der Waals surface area contributed by atoms with Gasteiger partial charge in [0.05, 0.1) is 17.0 Å². The van der Waals surface area contributed by atoms with Crippen molar-refractivity contribution in [1.82, 2.24) is 9.88 Å². The normalized spacial score (nSPS) is 15.5. The van der Waals surface area contributed by atoms with E-state index in [4.69, 9.17) is 11.6 Å². The van der Waals surface area contributed by atoms with E-state index in [1.807, 2.05) is 0 Å². The molecule has 0 radical (unpaired) electrons. The number of hydrogen-bond acceptors (Lipinski definition) is 6. The molecule has 1 fully saturated rings. The van der Waals surface area contributed by atoms with Crippen molar-refractivity contribution in [2.75, 3.05) is 4.90 Å². The molecule has 2 heterocycles. The summed E-state index contributed by atoms with van der Waals surface area (Å²) in [7, 11) is 0. The number of imide groups is 1. The van der Waals surface area contributed by atoms with Gasteiger partial charge in [-0.2, -0.15) is 0 Å². The first kappa shape index (κ1) is 22.1. The number of carbonyl (C=O) groups is 3. The number of anilines is 1. The van der Waals surface area contributed by atoms with Gasteiger partial charge in [-0.15, -0.1) is 0 Å². The predicted molar refractivity (Wildman–Crippen MR) is 120 cm³/mol. The van der Waals surface area contributed by atoms with E-state index in [0.717, 1.165) is 4.90 Å². The molecule has 1 aliphatic heterocycles. The van der Waals surface area contributed by atoms with E-state index in [-0.39, 0.29) is 24.2 Å². The molecular formula is C23H17ClN4O5. The van der Waals surface area contributed by atoms with Gasteiger partial charge in [-0.1, -0.05) is 17.7 Å². The quantitative estimate of drug-likeness (QED) is 0.313. The van der Waals surface area contributed by atoms with E-state index in [9.17, 15) is 24.5 Å². The molecule has 0 bridgehead atoms. The lowest BCUT2D eigenvalue weighted by Crippen LogP contribution is -2.45. The molecule has 4 rings (SSSR count). The van der Waals surface area contributed by atoms with Gasteiger partial charge in [0.1, 0.15) is 6.04 Å². The third kappa shape index (κ3) is 4.58. The lowest BCUT2D eigenvalue weighted by Gasteiger charge is -2.28. The van der Waals surface area contributed by atoms with Crippen LogP contribution in [0.4, 0.5) is 11.4 Å². The van der Waals surface area contributed by atoms with Crippen LogP contribution in [0.5, 0.6) is 0 Å². The SMILES string of the molecule is O=C1CC(N(Cc2cccnc2)C(=O)c2ccc([N+](=O)[O-])cc2)C(=O)N1c1ccc(Cl)cc1. The monoisotopic (exact) mass is 464 g/mol. The highest BCUT2D eigenvalue weighted by Gasteiger charge is 2.44. The predicted octanol–water partition coefficient (Wildman–Crippen LogP) is 3.62. The minimum atomic E-state index is -1.05. The van der Waals surface area contributed by atoms with Gasteiger partial charge in [0.15, 0.2) is 0 Å². The van der Waals surface area contributed by atoms with Gasteiger partial charge >= 0.3 is 0 Å². The number of benzene rings is 2. The number of aromatic nitrogens is 1. The Morgan fingerprint density at radius 3 is 2.42 bits per heavy atom. The Labute approximate surface area is 193 Å². The molecule has 0 saturated carbocycles. The number of carbonyl (C=O) groups excluding carboxylic acids is 3. The van der Waals surface area contributed by atoms with Crippen molar-refractivity contribution in [1.29, 1.82) is 0 Å². The largest absolute Gasteiger partial charge is 0.322 e. The summed E-state index contributed by atoms with van der Waals surface area (Å²) in [6.07, 6.45) is 2.95. The maximum atomic E-state index is 13.4. The van der Waals surface area contributed by atoms with E-state index < -0.39 is 28.7 Å². The van der Waals surface area contributed by atoms with E-state index in [1.165, 1.54) is 29.2 Å². The minimum absolute atomic E-state index is 0.0296. The van der Waals surface area contributed by atoms with Crippen molar-refractivity contribution in [3.05, 3.63) is 99.3 Å². The van der Waals surface area contributed by atoms with Gasteiger partial charge in [-0.3, -0.25) is 29.5 Å². The molecular weight excluding hydrogens is 448 g/mol. The molecule has 166 valence electrons. The first-order valence-corrected chi connectivity index (χ1v) is 10.3. The van der Waals surface area contributed by atoms with Crippen molar-refractivity contribution in [2.45, 2.75) is 19.0 Å². The number of halogens is 1. The summed E-state index contributed by atoms with van der Waals surface area (Å²) < 4.78 is 0. The van der Waals surface area contributed by atoms with Gasteiger partial charge in [-0.05, 0) is 48.0 Å². The molecule has 3 amide bonds. The molecule has 0 aliphatic carbocycles. The highest BCUT2D eigenvalue weighted by Crippen LogP contribution is 2.29. The van der Waals surface area contributed by atoms with Crippen molar-refractivity contribution < 1.29 is 19.3 Å². The first-order chi connectivity index (χ1) is 15.8. The summed E-state index contributed by atoms with van der Waals surface area (Å²) in [5, 5.41) is 11.4. The van der Waals surface area contributed by atoms with Gasteiger partial charge < -0.3 is 4.90 Å². The zero-order valence-electron chi connectivity index (χ0n) is 17.1. The van der Waals surface area contributed by atoms with Gasteiger partial charge in [0.2, 0.25) is 5.91 Å². The van der Waals surface area contributed by atoms with Crippen LogP contribution in [0, 0.1) is 10.1 Å². The van der Waals surface area contributed by atoms with Gasteiger partial charge in [-0.25, -0.2) is 4.90 Å². The van der Waals surface area contributed by atoms with Crippen LogP contribution in [0.15, 0.2) is 73.1 Å². The number of pyridine rings is 1. The Balaban J connectivity index is 1.67. The zero-order valence-corrected chi connectivity index (χ0v) is 17.9. The lowest BCUT2D eigenvalue weighted by molar-refractivity contribution is -0.384. The van der Waals surface area contributed by atoms with E-state index in [1.54, 1.807) is 48.8 Å². The van der Waals surface area contributed by atoms with Crippen LogP contribution in [0.25, 0.3) is 0 Å². The van der Waals surface area contributed by atoms with Crippen molar-refractivity contribution >= 4 is 40.7 Å². The number of nitro benzene ring substituents is 1. The van der Waals surface area contributed by atoms with Crippen LogP contribution in [-0.4, -0.2) is 38.6 Å². The average Bonchev–Trinajstić information content (AvgIpc) is 3.12. The Morgan fingerprint density at radius 1 is 1.12 bits per heavy atom. The molecule has 2 aromatic carbocycles. The topological polar surface area (TPSA) is 114 Å². The fourth-order valence-electron chi connectivity index (χ4n) is 3.62. The van der Waals surface area contributed by atoms with Crippen LogP contribution in [0.2, 0.25) is 5.02 Å². The van der Waals surface area contributed by atoms with Crippen molar-refractivity contribution in [3.63, 3.8) is 0 Å². The second-order valence-electron chi connectivity index (χ2n) is 7.36. The third-order valence-electron chi connectivity index (χ3n) is 5.25. The molecule has 9 nitrogen and oxygen atoms in total.